The van der Waals surface area contributed by atoms with Crippen molar-refractivity contribution in [1.29, 1.82) is 0 Å². The summed E-state index contributed by atoms with van der Waals surface area (Å²) in [4.78, 5) is 0. The second-order valence-corrected chi connectivity index (χ2v) is 8.74. The van der Waals surface area contributed by atoms with Crippen molar-refractivity contribution in [3.05, 3.63) is 90.3 Å². The van der Waals surface area contributed by atoms with E-state index in [4.69, 9.17) is 0 Å². The molecular weight excluding hydrogens is 410 g/mol. The number of fused-ring (bicyclic) bond motifs is 2. The lowest BCUT2D eigenvalue weighted by atomic mass is 10.1. The highest BCUT2D eigenvalue weighted by Crippen LogP contribution is 2.40. The van der Waals surface area contributed by atoms with Crippen molar-refractivity contribution in [3.63, 3.8) is 0 Å². The summed E-state index contributed by atoms with van der Waals surface area (Å²) >= 11 is 0. The molecule has 160 valence electrons. The smallest absolute Gasteiger partial charge is 0.113 e. The topological polar surface area (TPSA) is 77.2 Å². The molecule has 7 rings (SSSR count). The quantitative estimate of drug-likeness (QED) is 0.413. The number of H-pyrrole nitrogens is 1. The standard InChI is InChI=1S/C26H21N7/c1-3-18(19-5-6-19)4-2-17(1)16-32-25(11-12-28-32)20-8-10-23-26(13-20)33(31-30-23)22-9-7-21-15-27-29-24(21)14-22/h1-4,7-15,19H,5-6,16H2,(H,27,29). The third-order valence-electron chi connectivity index (χ3n) is 6.49. The van der Waals surface area contributed by atoms with Gasteiger partial charge in [0.05, 0.1) is 35.2 Å². The predicted molar refractivity (Wildman–Crippen MR) is 127 cm³/mol. The van der Waals surface area contributed by atoms with Gasteiger partial charge in [-0.15, -0.1) is 5.10 Å². The van der Waals surface area contributed by atoms with E-state index in [2.05, 4.69) is 72.8 Å². The predicted octanol–water partition coefficient (Wildman–Crippen LogP) is 5.09. The number of hydrogen-bond acceptors (Lipinski definition) is 4. The maximum atomic E-state index is 4.60. The Morgan fingerprint density at radius 3 is 2.73 bits per heavy atom. The summed E-state index contributed by atoms with van der Waals surface area (Å²) in [5.41, 5.74) is 8.58. The first-order valence-corrected chi connectivity index (χ1v) is 11.2. The van der Waals surface area contributed by atoms with Crippen LogP contribution in [0.5, 0.6) is 0 Å². The minimum atomic E-state index is 0.735. The average molecular weight is 432 g/mol. The van der Waals surface area contributed by atoms with Crippen LogP contribution in [-0.2, 0) is 6.54 Å². The zero-order valence-corrected chi connectivity index (χ0v) is 17.9. The summed E-state index contributed by atoms with van der Waals surface area (Å²) in [6.45, 7) is 0.735. The molecule has 1 fully saturated rings. The van der Waals surface area contributed by atoms with Gasteiger partial charge < -0.3 is 0 Å². The zero-order valence-electron chi connectivity index (χ0n) is 17.9. The van der Waals surface area contributed by atoms with Gasteiger partial charge in [0.1, 0.15) is 5.52 Å². The molecule has 0 atom stereocenters. The van der Waals surface area contributed by atoms with Crippen LogP contribution in [0.15, 0.2) is 79.1 Å². The molecule has 0 unspecified atom stereocenters. The fraction of sp³-hybridized carbons (Fsp3) is 0.154. The highest BCUT2D eigenvalue weighted by atomic mass is 15.4. The molecule has 3 heterocycles. The molecule has 3 aromatic heterocycles. The van der Waals surface area contributed by atoms with Crippen molar-refractivity contribution in [2.24, 2.45) is 0 Å². The van der Waals surface area contributed by atoms with Crippen LogP contribution in [0.1, 0.15) is 29.9 Å². The van der Waals surface area contributed by atoms with Gasteiger partial charge in [0.25, 0.3) is 0 Å². The molecule has 1 aliphatic rings. The summed E-state index contributed by atoms with van der Waals surface area (Å²) in [6, 6.07) is 23.4. The number of benzene rings is 3. The van der Waals surface area contributed by atoms with E-state index < -0.39 is 0 Å². The molecule has 3 aromatic carbocycles. The third kappa shape index (κ3) is 3.20. The van der Waals surface area contributed by atoms with Gasteiger partial charge in [-0.2, -0.15) is 10.2 Å². The molecule has 7 nitrogen and oxygen atoms in total. The molecule has 33 heavy (non-hydrogen) atoms. The van der Waals surface area contributed by atoms with Crippen molar-refractivity contribution < 1.29 is 0 Å². The summed E-state index contributed by atoms with van der Waals surface area (Å²) in [6.07, 6.45) is 6.33. The normalized spacial score (nSPS) is 13.8. The highest BCUT2D eigenvalue weighted by molar-refractivity contribution is 5.84. The van der Waals surface area contributed by atoms with E-state index in [1.165, 1.54) is 24.0 Å². The van der Waals surface area contributed by atoms with Gasteiger partial charge in [0, 0.05) is 17.1 Å². The van der Waals surface area contributed by atoms with E-state index in [0.717, 1.165) is 51.3 Å². The van der Waals surface area contributed by atoms with Crippen LogP contribution >= 0.6 is 0 Å². The van der Waals surface area contributed by atoms with Gasteiger partial charge in [-0.25, -0.2) is 4.68 Å². The van der Waals surface area contributed by atoms with E-state index in [1.54, 1.807) is 0 Å². The second kappa shape index (κ2) is 7.13. The second-order valence-electron chi connectivity index (χ2n) is 8.74. The molecule has 0 saturated heterocycles. The van der Waals surface area contributed by atoms with E-state index in [0.29, 0.717) is 0 Å². The van der Waals surface area contributed by atoms with Crippen LogP contribution in [-0.4, -0.2) is 35.0 Å². The Bertz CT molecular complexity index is 1600. The van der Waals surface area contributed by atoms with Crippen LogP contribution in [0, 0.1) is 0 Å². The molecule has 0 amide bonds. The van der Waals surface area contributed by atoms with E-state index in [-0.39, 0.29) is 0 Å². The van der Waals surface area contributed by atoms with E-state index in [9.17, 15) is 0 Å². The maximum absolute atomic E-state index is 4.60. The van der Waals surface area contributed by atoms with Crippen molar-refractivity contribution in [2.75, 3.05) is 0 Å². The van der Waals surface area contributed by atoms with Gasteiger partial charge in [-0.1, -0.05) is 35.5 Å². The average Bonchev–Trinajstić information content (AvgIpc) is 3.22. The summed E-state index contributed by atoms with van der Waals surface area (Å²) in [5.74, 6) is 0.776. The third-order valence-corrected chi connectivity index (χ3v) is 6.49. The minimum Gasteiger partial charge on any atom is -0.278 e. The molecule has 6 aromatic rings. The Hall–Kier alpha value is -4.26. The van der Waals surface area contributed by atoms with Crippen molar-refractivity contribution >= 4 is 21.9 Å². The Labute approximate surface area is 189 Å². The van der Waals surface area contributed by atoms with Crippen molar-refractivity contribution in [2.45, 2.75) is 25.3 Å². The number of rotatable bonds is 5. The molecule has 1 N–H and O–H groups in total. The minimum absolute atomic E-state index is 0.735. The molecule has 0 bridgehead atoms. The first kappa shape index (κ1) is 18.3. The van der Waals surface area contributed by atoms with Gasteiger partial charge >= 0.3 is 0 Å². The molecule has 1 saturated carbocycles. The fourth-order valence-electron chi connectivity index (χ4n) is 4.51. The Morgan fingerprint density at radius 2 is 1.85 bits per heavy atom. The highest BCUT2D eigenvalue weighted by Gasteiger charge is 2.23. The Morgan fingerprint density at radius 1 is 0.939 bits per heavy atom. The lowest BCUT2D eigenvalue weighted by Crippen LogP contribution is -2.04. The largest absolute Gasteiger partial charge is 0.278 e. The molecule has 0 spiro atoms. The fourth-order valence-corrected chi connectivity index (χ4v) is 4.51. The molecule has 0 radical (unpaired) electrons. The Balaban J connectivity index is 1.25. The monoisotopic (exact) mass is 431 g/mol. The number of aromatic amines is 1. The number of hydrogen-bond donors (Lipinski definition) is 1. The Kier molecular flexibility index (Phi) is 3.96. The van der Waals surface area contributed by atoms with E-state index >= 15 is 0 Å². The van der Waals surface area contributed by atoms with Gasteiger partial charge in [0.15, 0.2) is 0 Å². The molecule has 1 aliphatic carbocycles. The first-order valence-electron chi connectivity index (χ1n) is 11.2. The van der Waals surface area contributed by atoms with Crippen LogP contribution < -0.4 is 0 Å². The first-order chi connectivity index (χ1) is 16.3. The van der Waals surface area contributed by atoms with Gasteiger partial charge in [0.2, 0.25) is 0 Å². The molecular formula is C26H21N7. The van der Waals surface area contributed by atoms with Crippen LogP contribution in [0.3, 0.4) is 0 Å². The SMILES string of the molecule is c1cc(-c2ccc3nnn(-c4ccc5cn[nH]c5c4)c3c2)n(Cc2ccc(C3CC3)cc2)n1. The number of aromatic nitrogens is 7. The molecule has 7 heteroatoms. The maximum Gasteiger partial charge on any atom is 0.113 e. The zero-order chi connectivity index (χ0) is 21.8. The van der Waals surface area contributed by atoms with Gasteiger partial charge in [-0.3, -0.25) is 9.78 Å². The van der Waals surface area contributed by atoms with Crippen LogP contribution in [0.2, 0.25) is 0 Å². The van der Waals surface area contributed by atoms with Gasteiger partial charge in [-0.05, 0) is 66.3 Å². The number of nitrogens with one attached hydrogen (secondary N) is 1. The number of nitrogens with zero attached hydrogens (tertiary/aromatic N) is 6. The summed E-state index contributed by atoms with van der Waals surface area (Å²) in [5, 5.41) is 21.6. The van der Waals surface area contributed by atoms with Crippen LogP contribution in [0.25, 0.3) is 38.9 Å². The summed E-state index contributed by atoms with van der Waals surface area (Å²) in [7, 11) is 0. The van der Waals surface area contributed by atoms with Crippen molar-refractivity contribution in [1.82, 2.24) is 35.0 Å². The van der Waals surface area contributed by atoms with Crippen molar-refractivity contribution in [3.8, 4) is 16.9 Å². The lowest BCUT2D eigenvalue weighted by Gasteiger charge is -2.09. The summed E-state index contributed by atoms with van der Waals surface area (Å²) < 4.78 is 3.93. The van der Waals surface area contributed by atoms with Crippen LogP contribution in [0.4, 0.5) is 0 Å². The lowest BCUT2D eigenvalue weighted by molar-refractivity contribution is 0.694. The van der Waals surface area contributed by atoms with E-state index in [1.807, 2.05) is 41.3 Å². The molecule has 0 aliphatic heterocycles.